The smallest absolute Gasteiger partial charge is 0.267 e. The van der Waals surface area contributed by atoms with Crippen LogP contribution >= 0.6 is 34.5 Å². The molecule has 1 amide bonds. The highest BCUT2D eigenvalue weighted by atomic mass is 35.5. The number of thiophene rings is 1. The van der Waals surface area contributed by atoms with Gasteiger partial charge in [-0.15, -0.1) is 11.3 Å². The lowest BCUT2D eigenvalue weighted by molar-refractivity contribution is 0.103. The molecule has 2 aromatic rings. The van der Waals surface area contributed by atoms with E-state index in [4.69, 9.17) is 28.9 Å². The van der Waals surface area contributed by atoms with Crippen LogP contribution in [0.3, 0.4) is 0 Å². The van der Waals surface area contributed by atoms with Gasteiger partial charge in [0.1, 0.15) is 4.88 Å². The first-order valence-electron chi connectivity index (χ1n) is 5.64. The minimum Gasteiger partial charge on any atom is -0.321 e. The molecule has 3 nitrogen and oxygen atoms in total. The molecule has 0 radical (unpaired) electrons. The van der Waals surface area contributed by atoms with Crippen LogP contribution in [0.25, 0.3) is 0 Å². The first-order valence-corrected chi connectivity index (χ1v) is 7.28. The van der Waals surface area contributed by atoms with Crippen LogP contribution in [0.2, 0.25) is 10.0 Å². The average molecular weight is 325 g/mol. The van der Waals surface area contributed by atoms with Crippen LogP contribution in [0.1, 0.15) is 15.2 Å². The molecule has 1 aromatic heterocycles. The van der Waals surface area contributed by atoms with Gasteiger partial charge in [0.25, 0.3) is 5.91 Å². The molecule has 0 unspecified atom stereocenters. The molecule has 0 bridgehead atoms. The maximum atomic E-state index is 12.0. The van der Waals surface area contributed by atoms with Crippen molar-refractivity contribution in [2.45, 2.75) is 0 Å². The molecule has 0 aliphatic carbocycles. The summed E-state index contributed by atoms with van der Waals surface area (Å²) in [6, 6.07) is 6.76. The number of benzene rings is 1. The van der Waals surface area contributed by atoms with Crippen molar-refractivity contribution in [2.75, 3.05) is 11.9 Å². The molecule has 6 heteroatoms. The second-order valence-corrected chi connectivity index (χ2v) is 5.48. The van der Waals surface area contributed by atoms with Crippen molar-refractivity contribution in [2.24, 2.45) is 5.73 Å². The summed E-state index contributed by atoms with van der Waals surface area (Å²) in [5.74, 6) is 5.32. The van der Waals surface area contributed by atoms with E-state index in [0.29, 0.717) is 26.2 Å². The highest BCUT2D eigenvalue weighted by Crippen LogP contribution is 2.24. The summed E-state index contributed by atoms with van der Waals surface area (Å²) in [4.78, 5) is 12.5. The van der Waals surface area contributed by atoms with Crippen molar-refractivity contribution in [1.29, 1.82) is 0 Å². The topological polar surface area (TPSA) is 55.1 Å². The molecule has 2 rings (SSSR count). The van der Waals surface area contributed by atoms with Gasteiger partial charge in [-0.1, -0.05) is 35.0 Å². The summed E-state index contributed by atoms with van der Waals surface area (Å²) < 4.78 is 0. The standard InChI is InChI=1S/C14H10Cl2N2OS/c15-11-4-3-10(8-9(11)2-1-6-17)18-14(19)13-12(16)5-7-20-13/h3-5,7-8H,6,17H2,(H,18,19). The van der Waals surface area contributed by atoms with E-state index in [1.165, 1.54) is 11.3 Å². The Hall–Kier alpha value is -1.51. The van der Waals surface area contributed by atoms with E-state index < -0.39 is 0 Å². The third-order valence-electron chi connectivity index (χ3n) is 2.37. The van der Waals surface area contributed by atoms with E-state index >= 15 is 0 Å². The second kappa shape index (κ2) is 6.78. The van der Waals surface area contributed by atoms with Crippen LogP contribution in [0, 0.1) is 11.8 Å². The van der Waals surface area contributed by atoms with Gasteiger partial charge >= 0.3 is 0 Å². The van der Waals surface area contributed by atoms with E-state index in [2.05, 4.69) is 17.2 Å². The number of halogens is 2. The summed E-state index contributed by atoms with van der Waals surface area (Å²) in [6.07, 6.45) is 0. The van der Waals surface area contributed by atoms with Gasteiger partial charge in [0.15, 0.2) is 0 Å². The number of carbonyl (C=O) groups excluding carboxylic acids is 1. The molecule has 1 heterocycles. The van der Waals surface area contributed by atoms with Crippen LogP contribution in [-0.2, 0) is 0 Å². The van der Waals surface area contributed by atoms with E-state index in [1.54, 1.807) is 29.6 Å². The van der Waals surface area contributed by atoms with Crippen molar-refractivity contribution >= 4 is 46.1 Å². The summed E-state index contributed by atoms with van der Waals surface area (Å²) >= 11 is 13.2. The Bertz CT molecular complexity index is 701. The van der Waals surface area contributed by atoms with Crippen LogP contribution in [0.4, 0.5) is 5.69 Å². The SMILES string of the molecule is NCC#Cc1cc(NC(=O)c2sccc2Cl)ccc1Cl. The van der Waals surface area contributed by atoms with Gasteiger partial charge in [0, 0.05) is 11.3 Å². The first-order chi connectivity index (χ1) is 9.61. The Morgan fingerprint density at radius 3 is 2.75 bits per heavy atom. The summed E-state index contributed by atoms with van der Waals surface area (Å²) in [5.41, 5.74) is 6.55. The van der Waals surface area contributed by atoms with Gasteiger partial charge in [-0.05, 0) is 29.6 Å². The summed E-state index contributed by atoms with van der Waals surface area (Å²) in [7, 11) is 0. The molecule has 1 aromatic carbocycles. The fourth-order valence-electron chi connectivity index (χ4n) is 1.49. The van der Waals surface area contributed by atoms with Crippen molar-refractivity contribution in [1.82, 2.24) is 0 Å². The monoisotopic (exact) mass is 324 g/mol. The number of carbonyl (C=O) groups is 1. The molecular weight excluding hydrogens is 315 g/mol. The molecule has 0 aliphatic rings. The molecule has 0 fully saturated rings. The summed E-state index contributed by atoms with van der Waals surface area (Å²) in [5, 5.41) is 5.47. The predicted octanol–water partition coefficient (Wildman–Crippen LogP) is 3.62. The fourth-order valence-corrected chi connectivity index (χ4v) is 2.69. The van der Waals surface area contributed by atoms with Crippen molar-refractivity contribution in [3.63, 3.8) is 0 Å². The fraction of sp³-hybridized carbons (Fsp3) is 0.0714. The number of rotatable bonds is 2. The molecule has 3 N–H and O–H groups in total. The highest BCUT2D eigenvalue weighted by molar-refractivity contribution is 7.12. The number of nitrogens with one attached hydrogen (secondary N) is 1. The average Bonchev–Trinajstić information content (AvgIpc) is 2.85. The van der Waals surface area contributed by atoms with Gasteiger partial charge in [-0.3, -0.25) is 4.79 Å². The van der Waals surface area contributed by atoms with Gasteiger partial charge in [0.05, 0.1) is 16.6 Å². The molecular formula is C14H10Cl2N2OS. The van der Waals surface area contributed by atoms with Gasteiger partial charge in [0.2, 0.25) is 0 Å². The normalized spacial score (nSPS) is 9.75. The van der Waals surface area contributed by atoms with Crippen molar-refractivity contribution in [3.05, 3.63) is 50.1 Å². The lowest BCUT2D eigenvalue weighted by atomic mass is 10.2. The number of hydrogen-bond donors (Lipinski definition) is 2. The lowest BCUT2D eigenvalue weighted by Gasteiger charge is -2.05. The third kappa shape index (κ3) is 3.53. The van der Waals surface area contributed by atoms with Gasteiger partial charge in [-0.25, -0.2) is 0 Å². The zero-order valence-electron chi connectivity index (χ0n) is 10.2. The van der Waals surface area contributed by atoms with Gasteiger partial charge < -0.3 is 11.1 Å². The Kier molecular flexibility index (Phi) is 5.05. The third-order valence-corrected chi connectivity index (χ3v) is 4.04. The molecule has 0 atom stereocenters. The number of amides is 1. The van der Waals surface area contributed by atoms with E-state index in [-0.39, 0.29) is 12.5 Å². The van der Waals surface area contributed by atoms with Crippen LogP contribution in [0.15, 0.2) is 29.6 Å². The molecule has 0 aliphatic heterocycles. The number of anilines is 1. The zero-order valence-corrected chi connectivity index (χ0v) is 12.6. The van der Waals surface area contributed by atoms with Crippen molar-refractivity contribution < 1.29 is 4.79 Å². The quantitative estimate of drug-likeness (QED) is 0.829. The Morgan fingerprint density at radius 2 is 2.10 bits per heavy atom. The number of hydrogen-bond acceptors (Lipinski definition) is 3. The van der Waals surface area contributed by atoms with Crippen LogP contribution < -0.4 is 11.1 Å². The number of nitrogens with two attached hydrogens (primary N) is 1. The summed E-state index contributed by atoms with van der Waals surface area (Å²) in [6.45, 7) is 0.248. The van der Waals surface area contributed by atoms with Gasteiger partial charge in [-0.2, -0.15) is 0 Å². The second-order valence-electron chi connectivity index (χ2n) is 3.75. The zero-order chi connectivity index (χ0) is 14.5. The molecule has 20 heavy (non-hydrogen) atoms. The maximum Gasteiger partial charge on any atom is 0.267 e. The van der Waals surface area contributed by atoms with Crippen LogP contribution in [-0.4, -0.2) is 12.5 Å². The molecule has 0 saturated heterocycles. The predicted molar refractivity (Wildman–Crippen MR) is 84.7 cm³/mol. The molecule has 0 saturated carbocycles. The largest absolute Gasteiger partial charge is 0.321 e. The van der Waals surface area contributed by atoms with Crippen molar-refractivity contribution in [3.8, 4) is 11.8 Å². The Labute approximate surface area is 130 Å². The van der Waals surface area contributed by atoms with Crippen LogP contribution in [0.5, 0.6) is 0 Å². The maximum absolute atomic E-state index is 12.0. The lowest BCUT2D eigenvalue weighted by Crippen LogP contribution is -2.10. The minimum atomic E-state index is -0.259. The Balaban J connectivity index is 2.22. The Morgan fingerprint density at radius 1 is 1.30 bits per heavy atom. The first kappa shape index (κ1) is 14.9. The van der Waals surface area contributed by atoms with E-state index in [0.717, 1.165) is 0 Å². The molecule has 0 spiro atoms. The van der Waals surface area contributed by atoms with E-state index in [1.807, 2.05) is 0 Å². The van der Waals surface area contributed by atoms with E-state index in [9.17, 15) is 4.79 Å². The molecule has 102 valence electrons. The minimum absolute atomic E-state index is 0.248. The highest BCUT2D eigenvalue weighted by Gasteiger charge is 2.12.